The Morgan fingerprint density at radius 3 is 2.44 bits per heavy atom. The Labute approximate surface area is 147 Å². The van der Waals surface area contributed by atoms with Crippen LogP contribution in [0, 0.1) is 11.3 Å². The third kappa shape index (κ3) is 3.78. The molecule has 4 heteroatoms. The summed E-state index contributed by atoms with van der Waals surface area (Å²) in [4.78, 5) is 4.39. The molecule has 0 aliphatic heterocycles. The van der Waals surface area contributed by atoms with Crippen LogP contribution in [0.3, 0.4) is 0 Å². The Morgan fingerprint density at radius 1 is 1.00 bits per heavy atom. The summed E-state index contributed by atoms with van der Waals surface area (Å²) in [6, 6.07) is 21.9. The van der Waals surface area contributed by atoms with E-state index in [1.165, 1.54) is 11.1 Å². The topological polar surface area (TPSA) is 71.9 Å². The van der Waals surface area contributed by atoms with E-state index in [9.17, 15) is 0 Å². The van der Waals surface area contributed by atoms with Crippen molar-refractivity contribution in [3.63, 3.8) is 0 Å². The highest BCUT2D eigenvalue weighted by Gasteiger charge is 2.09. The average molecular weight is 329 g/mol. The first-order chi connectivity index (χ1) is 12.2. The molecule has 0 saturated heterocycles. The first-order valence-electron chi connectivity index (χ1n) is 8.09. The third-order valence-electron chi connectivity index (χ3n) is 4.18. The number of pyridine rings is 1. The molecule has 0 spiro atoms. The van der Waals surface area contributed by atoms with E-state index in [-0.39, 0.29) is 5.82 Å². The second kappa shape index (κ2) is 7.50. The highest BCUT2D eigenvalue weighted by atomic mass is 16.5. The van der Waals surface area contributed by atoms with E-state index in [4.69, 9.17) is 15.7 Å². The number of ether oxygens (including phenoxy) is 1. The van der Waals surface area contributed by atoms with Gasteiger partial charge in [-0.1, -0.05) is 36.4 Å². The number of nitrogen functional groups attached to an aromatic ring is 1. The number of nitriles is 1. The van der Waals surface area contributed by atoms with Crippen LogP contribution in [0.1, 0.15) is 16.7 Å². The van der Waals surface area contributed by atoms with Crippen molar-refractivity contribution in [1.29, 1.82) is 5.26 Å². The number of hydrogen-bond acceptors (Lipinski definition) is 4. The van der Waals surface area contributed by atoms with Crippen LogP contribution >= 0.6 is 0 Å². The lowest BCUT2D eigenvalue weighted by molar-refractivity contribution is 0.414. The van der Waals surface area contributed by atoms with Crippen molar-refractivity contribution in [1.82, 2.24) is 4.98 Å². The molecule has 3 aromatic rings. The van der Waals surface area contributed by atoms with Crippen LogP contribution in [-0.4, -0.2) is 12.1 Å². The summed E-state index contributed by atoms with van der Waals surface area (Å²) >= 11 is 0. The molecule has 0 saturated carbocycles. The molecule has 3 rings (SSSR count). The summed E-state index contributed by atoms with van der Waals surface area (Å²) in [6.07, 6.45) is 1.82. The number of anilines is 1. The molecule has 0 amide bonds. The Kier molecular flexibility index (Phi) is 4.96. The minimum absolute atomic E-state index is 0.268. The number of aryl methyl sites for hydroxylation is 2. The van der Waals surface area contributed by atoms with Gasteiger partial charge < -0.3 is 10.5 Å². The Hall–Kier alpha value is -3.32. The number of hydrogen-bond donors (Lipinski definition) is 1. The second-order valence-electron chi connectivity index (χ2n) is 5.75. The summed E-state index contributed by atoms with van der Waals surface area (Å²) in [5.41, 5.74) is 10.6. The minimum atomic E-state index is 0.268. The maximum atomic E-state index is 9.00. The average Bonchev–Trinajstić information content (AvgIpc) is 2.67. The van der Waals surface area contributed by atoms with Crippen molar-refractivity contribution in [3.05, 3.63) is 77.4 Å². The highest BCUT2D eigenvalue weighted by Crippen LogP contribution is 2.25. The van der Waals surface area contributed by atoms with Crippen LogP contribution < -0.4 is 10.5 Å². The van der Waals surface area contributed by atoms with Gasteiger partial charge in [-0.3, -0.25) is 0 Å². The van der Waals surface area contributed by atoms with Gasteiger partial charge in [-0.2, -0.15) is 5.26 Å². The number of nitrogens with zero attached hydrogens (tertiary/aromatic N) is 2. The molecule has 4 nitrogen and oxygen atoms in total. The zero-order chi connectivity index (χ0) is 17.6. The number of methoxy groups -OCH3 is 1. The van der Waals surface area contributed by atoms with Crippen LogP contribution in [0.15, 0.2) is 60.7 Å². The molecule has 124 valence electrons. The van der Waals surface area contributed by atoms with Gasteiger partial charge in [-0.05, 0) is 48.2 Å². The van der Waals surface area contributed by atoms with Crippen LogP contribution in [0.4, 0.5) is 5.82 Å². The van der Waals surface area contributed by atoms with E-state index in [0.717, 1.165) is 29.8 Å². The van der Waals surface area contributed by atoms with Gasteiger partial charge in [0.2, 0.25) is 0 Å². The van der Waals surface area contributed by atoms with E-state index < -0.39 is 0 Å². The molecule has 25 heavy (non-hydrogen) atoms. The fourth-order valence-corrected chi connectivity index (χ4v) is 2.78. The van der Waals surface area contributed by atoms with Gasteiger partial charge in [-0.25, -0.2) is 4.98 Å². The molecule has 0 bridgehead atoms. The van der Waals surface area contributed by atoms with Gasteiger partial charge in [0.15, 0.2) is 0 Å². The van der Waals surface area contributed by atoms with Crippen molar-refractivity contribution >= 4 is 5.82 Å². The van der Waals surface area contributed by atoms with Crippen LogP contribution in [0.2, 0.25) is 0 Å². The third-order valence-corrected chi connectivity index (χ3v) is 4.18. The van der Waals surface area contributed by atoms with Gasteiger partial charge in [-0.15, -0.1) is 0 Å². The molecule has 1 heterocycles. The molecule has 0 atom stereocenters. The quantitative estimate of drug-likeness (QED) is 0.768. The first-order valence-corrected chi connectivity index (χ1v) is 8.09. The van der Waals surface area contributed by atoms with Gasteiger partial charge in [0.25, 0.3) is 0 Å². The van der Waals surface area contributed by atoms with Gasteiger partial charge in [0, 0.05) is 5.56 Å². The van der Waals surface area contributed by atoms with Crippen molar-refractivity contribution in [2.75, 3.05) is 12.8 Å². The summed E-state index contributed by atoms with van der Waals surface area (Å²) in [7, 11) is 1.67. The van der Waals surface area contributed by atoms with Gasteiger partial charge in [0.05, 0.1) is 18.4 Å². The molecule has 0 aliphatic rings. The van der Waals surface area contributed by atoms with Crippen molar-refractivity contribution < 1.29 is 4.74 Å². The number of nitrogens with two attached hydrogens (primary N) is 1. The van der Waals surface area contributed by atoms with Crippen molar-refractivity contribution in [2.24, 2.45) is 0 Å². The summed E-state index contributed by atoms with van der Waals surface area (Å²) in [6.45, 7) is 0. The first kappa shape index (κ1) is 16.5. The van der Waals surface area contributed by atoms with Gasteiger partial charge in [0.1, 0.15) is 17.6 Å². The Balaban J connectivity index is 1.83. The lowest BCUT2D eigenvalue weighted by Crippen LogP contribution is -1.99. The maximum Gasteiger partial charge on any atom is 0.142 e. The summed E-state index contributed by atoms with van der Waals surface area (Å²) in [5, 5.41) is 9.00. The minimum Gasteiger partial charge on any atom is -0.497 e. The zero-order valence-electron chi connectivity index (χ0n) is 14.1. The molecular formula is C21H19N3O. The fraction of sp³-hybridized carbons (Fsp3) is 0.143. The van der Waals surface area contributed by atoms with E-state index >= 15 is 0 Å². The molecule has 0 aliphatic carbocycles. The Morgan fingerprint density at radius 2 is 1.76 bits per heavy atom. The summed E-state index contributed by atoms with van der Waals surface area (Å²) < 4.78 is 5.20. The standard InChI is InChI=1S/C21H19N3O/c1-25-18-11-7-15(8-12-18)6-9-16-4-2-3-5-19(16)20-13-10-17(14-22)21(23)24-20/h2-5,7-8,10-13H,6,9H2,1H3,(H2,23,24). The zero-order valence-corrected chi connectivity index (χ0v) is 14.1. The number of benzene rings is 2. The van der Waals surface area contributed by atoms with E-state index in [2.05, 4.69) is 23.2 Å². The van der Waals surface area contributed by atoms with Crippen molar-refractivity contribution in [2.45, 2.75) is 12.8 Å². The molecular weight excluding hydrogens is 310 g/mol. The van der Waals surface area contributed by atoms with Crippen LogP contribution in [-0.2, 0) is 12.8 Å². The lowest BCUT2D eigenvalue weighted by atomic mass is 9.97. The normalized spacial score (nSPS) is 10.2. The molecule has 2 aromatic carbocycles. The Bertz CT molecular complexity index is 911. The summed E-state index contributed by atoms with van der Waals surface area (Å²) in [5.74, 6) is 1.13. The van der Waals surface area contributed by atoms with Crippen LogP contribution in [0.5, 0.6) is 5.75 Å². The van der Waals surface area contributed by atoms with E-state index in [0.29, 0.717) is 5.56 Å². The predicted molar refractivity (Wildman–Crippen MR) is 99.2 cm³/mol. The van der Waals surface area contributed by atoms with Crippen molar-refractivity contribution in [3.8, 4) is 23.1 Å². The van der Waals surface area contributed by atoms with Gasteiger partial charge >= 0.3 is 0 Å². The van der Waals surface area contributed by atoms with Crippen LogP contribution in [0.25, 0.3) is 11.3 Å². The second-order valence-corrected chi connectivity index (χ2v) is 5.75. The fourth-order valence-electron chi connectivity index (χ4n) is 2.78. The van der Waals surface area contributed by atoms with E-state index in [1.807, 2.05) is 42.5 Å². The van der Waals surface area contributed by atoms with E-state index in [1.54, 1.807) is 13.2 Å². The predicted octanol–water partition coefficient (Wildman–Crippen LogP) is 4.00. The molecule has 0 fully saturated rings. The smallest absolute Gasteiger partial charge is 0.142 e. The highest BCUT2D eigenvalue weighted by molar-refractivity contribution is 5.67. The molecule has 1 aromatic heterocycles. The largest absolute Gasteiger partial charge is 0.497 e. The monoisotopic (exact) mass is 329 g/mol. The molecule has 0 radical (unpaired) electrons. The lowest BCUT2D eigenvalue weighted by Gasteiger charge is -2.10. The SMILES string of the molecule is COc1ccc(CCc2ccccc2-c2ccc(C#N)c(N)n2)cc1. The number of rotatable bonds is 5. The number of aromatic nitrogens is 1. The maximum absolute atomic E-state index is 9.00. The molecule has 2 N–H and O–H groups in total. The molecule has 0 unspecified atom stereocenters.